The highest BCUT2D eigenvalue weighted by atomic mass is 16.2. The Bertz CT molecular complexity index is 319. The number of rotatable bonds is 2. The van der Waals surface area contributed by atoms with E-state index in [1.165, 1.54) is 0 Å². The maximum absolute atomic E-state index is 12.3. The van der Waals surface area contributed by atoms with E-state index < -0.39 is 0 Å². The van der Waals surface area contributed by atoms with Crippen LogP contribution in [0.4, 0.5) is 0 Å². The monoisotopic (exact) mass is 239 g/mol. The van der Waals surface area contributed by atoms with E-state index in [-0.39, 0.29) is 17.7 Å². The lowest BCUT2D eigenvalue weighted by molar-refractivity contribution is -0.136. The molecule has 2 atom stereocenters. The van der Waals surface area contributed by atoms with Crippen LogP contribution in [0, 0.1) is 5.92 Å². The summed E-state index contributed by atoms with van der Waals surface area (Å²) in [4.78, 5) is 27.6. The summed E-state index contributed by atoms with van der Waals surface area (Å²) < 4.78 is 0. The van der Waals surface area contributed by atoms with E-state index >= 15 is 0 Å². The van der Waals surface area contributed by atoms with Crippen molar-refractivity contribution >= 4 is 11.8 Å². The lowest BCUT2D eigenvalue weighted by atomic mass is 10.1. The van der Waals surface area contributed by atoms with E-state index in [0.29, 0.717) is 25.6 Å². The number of carbonyl (C=O) groups is 2. The van der Waals surface area contributed by atoms with E-state index in [1.54, 1.807) is 4.90 Å². The molecule has 0 aromatic rings. The lowest BCUT2D eigenvalue weighted by Gasteiger charge is -2.33. The van der Waals surface area contributed by atoms with Crippen molar-refractivity contribution < 1.29 is 9.59 Å². The number of likely N-dealkylation sites (tertiary alicyclic amines) is 1. The minimum atomic E-state index is -0.118. The number of carbonyl (C=O) groups excluding carboxylic acids is 2. The predicted octanol–water partition coefficient (Wildman–Crippen LogP) is -0.325. The third kappa shape index (κ3) is 2.60. The van der Waals surface area contributed by atoms with Crippen LogP contribution in [0.3, 0.4) is 0 Å². The standard InChI is InChI=1S/C12H21N3O2/c1-3-14-8-10(6-11(14)16)12(17)15-5-4-13-9(2)7-15/h9-10,13H,3-8H2,1-2H3. The van der Waals surface area contributed by atoms with Crippen LogP contribution in [0.2, 0.25) is 0 Å². The molecule has 2 aliphatic rings. The van der Waals surface area contributed by atoms with Crippen LogP contribution in [0.25, 0.3) is 0 Å². The summed E-state index contributed by atoms with van der Waals surface area (Å²) in [6, 6.07) is 0.354. The summed E-state index contributed by atoms with van der Waals surface area (Å²) in [5.41, 5.74) is 0. The summed E-state index contributed by atoms with van der Waals surface area (Å²) in [6.45, 7) is 7.73. The molecule has 2 rings (SSSR count). The van der Waals surface area contributed by atoms with Crippen LogP contribution in [0.15, 0.2) is 0 Å². The Labute approximate surface area is 102 Å². The molecule has 0 aliphatic carbocycles. The maximum atomic E-state index is 12.3. The van der Waals surface area contributed by atoms with Gasteiger partial charge in [0.25, 0.3) is 0 Å². The predicted molar refractivity (Wildman–Crippen MR) is 64.4 cm³/mol. The van der Waals surface area contributed by atoms with Gasteiger partial charge in [-0.3, -0.25) is 9.59 Å². The molecule has 96 valence electrons. The van der Waals surface area contributed by atoms with E-state index in [4.69, 9.17) is 0 Å². The molecule has 2 unspecified atom stereocenters. The molecule has 17 heavy (non-hydrogen) atoms. The van der Waals surface area contributed by atoms with Gasteiger partial charge >= 0.3 is 0 Å². The fraction of sp³-hybridized carbons (Fsp3) is 0.833. The summed E-state index contributed by atoms with van der Waals surface area (Å²) in [5, 5.41) is 3.31. The minimum absolute atomic E-state index is 0.118. The van der Waals surface area contributed by atoms with Gasteiger partial charge in [-0.2, -0.15) is 0 Å². The van der Waals surface area contributed by atoms with E-state index in [9.17, 15) is 9.59 Å². The van der Waals surface area contributed by atoms with Crippen LogP contribution in [-0.2, 0) is 9.59 Å². The molecular formula is C12H21N3O2. The molecule has 5 nitrogen and oxygen atoms in total. The number of hydrogen-bond acceptors (Lipinski definition) is 3. The van der Waals surface area contributed by atoms with E-state index in [2.05, 4.69) is 12.2 Å². The largest absolute Gasteiger partial charge is 0.342 e. The van der Waals surface area contributed by atoms with Crippen LogP contribution < -0.4 is 5.32 Å². The number of piperazine rings is 1. The van der Waals surface area contributed by atoms with Crippen LogP contribution >= 0.6 is 0 Å². The van der Waals surface area contributed by atoms with Crippen molar-refractivity contribution in [3.63, 3.8) is 0 Å². The van der Waals surface area contributed by atoms with E-state index in [1.807, 2.05) is 11.8 Å². The number of nitrogens with zero attached hydrogens (tertiary/aromatic N) is 2. The molecule has 0 saturated carbocycles. The topological polar surface area (TPSA) is 52.7 Å². The highest BCUT2D eigenvalue weighted by Crippen LogP contribution is 2.20. The van der Waals surface area contributed by atoms with Crippen LogP contribution in [0.1, 0.15) is 20.3 Å². The van der Waals surface area contributed by atoms with Crippen molar-refractivity contribution in [1.82, 2.24) is 15.1 Å². The van der Waals surface area contributed by atoms with Crippen molar-refractivity contribution in [2.45, 2.75) is 26.3 Å². The maximum Gasteiger partial charge on any atom is 0.228 e. The molecule has 5 heteroatoms. The van der Waals surface area contributed by atoms with Gasteiger partial charge in [-0.15, -0.1) is 0 Å². The molecule has 0 radical (unpaired) electrons. The zero-order chi connectivity index (χ0) is 12.4. The SMILES string of the molecule is CCN1CC(C(=O)N2CCNC(C)C2)CC1=O. The Kier molecular flexibility index (Phi) is 3.66. The van der Waals surface area contributed by atoms with Gasteiger partial charge in [-0.1, -0.05) is 0 Å². The zero-order valence-electron chi connectivity index (χ0n) is 10.6. The molecule has 2 heterocycles. The second-order valence-electron chi connectivity index (χ2n) is 4.97. The van der Waals surface area contributed by atoms with Gasteiger partial charge in [0.1, 0.15) is 0 Å². The number of amides is 2. The molecule has 2 amide bonds. The first-order chi connectivity index (χ1) is 8.11. The Balaban J connectivity index is 1.94. The van der Waals surface area contributed by atoms with Gasteiger partial charge in [0.2, 0.25) is 11.8 Å². The molecule has 0 aromatic heterocycles. The number of nitrogens with one attached hydrogen (secondary N) is 1. The van der Waals surface area contributed by atoms with Gasteiger partial charge in [0.15, 0.2) is 0 Å². The van der Waals surface area contributed by atoms with Gasteiger partial charge < -0.3 is 15.1 Å². The first kappa shape index (κ1) is 12.4. The van der Waals surface area contributed by atoms with Gasteiger partial charge in [0.05, 0.1) is 5.92 Å². The molecule has 0 bridgehead atoms. The summed E-state index contributed by atoms with van der Waals surface area (Å²) in [7, 11) is 0. The second-order valence-corrected chi connectivity index (χ2v) is 4.97. The number of hydrogen-bond donors (Lipinski definition) is 1. The highest BCUT2D eigenvalue weighted by Gasteiger charge is 2.36. The molecule has 0 spiro atoms. The average Bonchev–Trinajstić information content (AvgIpc) is 2.69. The first-order valence-corrected chi connectivity index (χ1v) is 6.41. The molecule has 1 N–H and O–H groups in total. The Morgan fingerprint density at radius 3 is 2.82 bits per heavy atom. The van der Waals surface area contributed by atoms with Crippen LogP contribution in [0.5, 0.6) is 0 Å². The van der Waals surface area contributed by atoms with Crippen molar-refractivity contribution in [1.29, 1.82) is 0 Å². The van der Waals surface area contributed by atoms with Crippen molar-refractivity contribution in [2.75, 3.05) is 32.7 Å². The summed E-state index contributed by atoms with van der Waals surface area (Å²) >= 11 is 0. The average molecular weight is 239 g/mol. The van der Waals surface area contributed by atoms with Crippen molar-refractivity contribution in [3.05, 3.63) is 0 Å². The van der Waals surface area contributed by atoms with Gasteiger partial charge in [-0.25, -0.2) is 0 Å². The molecule has 2 aliphatic heterocycles. The van der Waals surface area contributed by atoms with Gasteiger partial charge in [0, 0.05) is 45.2 Å². The minimum Gasteiger partial charge on any atom is -0.342 e. The van der Waals surface area contributed by atoms with Crippen LogP contribution in [-0.4, -0.2) is 60.4 Å². The quantitative estimate of drug-likeness (QED) is 0.718. The van der Waals surface area contributed by atoms with Gasteiger partial charge in [-0.05, 0) is 13.8 Å². The summed E-state index contributed by atoms with van der Waals surface area (Å²) in [5.74, 6) is 0.157. The molecule has 2 saturated heterocycles. The second kappa shape index (κ2) is 5.04. The third-order valence-electron chi connectivity index (χ3n) is 3.63. The van der Waals surface area contributed by atoms with Crippen molar-refractivity contribution in [3.8, 4) is 0 Å². The molecule has 0 aromatic carbocycles. The summed E-state index contributed by atoms with van der Waals surface area (Å²) in [6.07, 6.45) is 0.394. The lowest BCUT2D eigenvalue weighted by Crippen LogP contribution is -2.53. The zero-order valence-corrected chi connectivity index (χ0v) is 10.6. The fourth-order valence-corrected chi connectivity index (χ4v) is 2.63. The smallest absolute Gasteiger partial charge is 0.228 e. The Morgan fingerprint density at radius 1 is 1.47 bits per heavy atom. The Morgan fingerprint density at radius 2 is 2.24 bits per heavy atom. The fourth-order valence-electron chi connectivity index (χ4n) is 2.63. The molecule has 2 fully saturated rings. The highest BCUT2D eigenvalue weighted by molar-refractivity contribution is 5.89. The normalized spacial score (nSPS) is 29.9. The molecular weight excluding hydrogens is 218 g/mol. The third-order valence-corrected chi connectivity index (χ3v) is 3.63. The first-order valence-electron chi connectivity index (χ1n) is 6.41. The van der Waals surface area contributed by atoms with E-state index in [0.717, 1.165) is 19.6 Å². The Hall–Kier alpha value is -1.10. The van der Waals surface area contributed by atoms with Crippen molar-refractivity contribution in [2.24, 2.45) is 5.92 Å².